The number of anilines is 1. The van der Waals surface area contributed by atoms with Gasteiger partial charge in [-0.15, -0.1) is 0 Å². The Morgan fingerprint density at radius 1 is 1.21 bits per heavy atom. The second kappa shape index (κ2) is 8.26. The first-order valence-corrected chi connectivity index (χ1v) is 9.69. The molecule has 1 unspecified atom stereocenters. The van der Waals surface area contributed by atoms with E-state index >= 15 is 0 Å². The van der Waals surface area contributed by atoms with Crippen LogP contribution in [0.3, 0.4) is 0 Å². The van der Waals surface area contributed by atoms with Gasteiger partial charge in [0.15, 0.2) is 5.82 Å². The number of nitrogens with zero attached hydrogens (tertiary/aromatic N) is 3. The van der Waals surface area contributed by atoms with Gasteiger partial charge in [0.25, 0.3) is 5.91 Å². The molecule has 0 spiro atoms. The van der Waals surface area contributed by atoms with Crippen molar-refractivity contribution in [1.82, 2.24) is 15.5 Å². The predicted molar refractivity (Wildman–Crippen MR) is 107 cm³/mol. The van der Waals surface area contributed by atoms with Gasteiger partial charge in [0.05, 0.1) is 6.54 Å². The number of aromatic nitrogens is 2. The molecular weight excluding hydrogens is 368 g/mol. The van der Waals surface area contributed by atoms with Crippen molar-refractivity contribution in [1.29, 1.82) is 0 Å². The number of nitrogens with one attached hydrogen (secondary N) is 1. The van der Waals surface area contributed by atoms with Crippen LogP contribution in [-0.4, -0.2) is 28.5 Å². The van der Waals surface area contributed by atoms with Gasteiger partial charge in [-0.3, -0.25) is 9.59 Å². The van der Waals surface area contributed by atoms with E-state index in [2.05, 4.69) is 28.4 Å². The van der Waals surface area contributed by atoms with Crippen LogP contribution < -0.4 is 10.2 Å². The molecule has 7 heteroatoms. The highest BCUT2D eigenvalue weighted by Gasteiger charge is 2.34. The number of hydrogen-bond donors (Lipinski definition) is 1. The average molecular weight is 390 g/mol. The lowest BCUT2D eigenvalue weighted by atomic mass is 10.1. The fourth-order valence-corrected chi connectivity index (χ4v) is 3.43. The summed E-state index contributed by atoms with van der Waals surface area (Å²) >= 11 is 0. The van der Waals surface area contributed by atoms with Gasteiger partial charge < -0.3 is 14.7 Å². The molecule has 1 aliphatic rings. The maximum absolute atomic E-state index is 12.5. The fraction of sp³-hybridized carbons (Fsp3) is 0.273. The molecule has 1 aliphatic heterocycles. The molecule has 1 N–H and O–H groups in total. The Morgan fingerprint density at radius 3 is 2.83 bits per heavy atom. The van der Waals surface area contributed by atoms with E-state index in [1.165, 1.54) is 5.56 Å². The second-order valence-electron chi connectivity index (χ2n) is 7.02. The number of benzene rings is 2. The number of amides is 2. The molecule has 0 aliphatic carbocycles. The van der Waals surface area contributed by atoms with E-state index in [0.717, 1.165) is 12.1 Å². The molecule has 2 heterocycles. The van der Waals surface area contributed by atoms with Gasteiger partial charge in [-0.2, -0.15) is 4.98 Å². The van der Waals surface area contributed by atoms with Crippen LogP contribution in [0.2, 0.25) is 0 Å². The van der Waals surface area contributed by atoms with Crippen molar-refractivity contribution in [2.45, 2.75) is 32.2 Å². The molecule has 29 heavy (non-hydrogen) atoms. The van der Waals surface area contributed by atoms with Crippen molar-refractivity contribution in [3.05, 3.63) is 77.4 Å². The van der Waals surface area contributed by atoms with Gasteiger partial charge in [-0.25, -0.2) is 0 Å². The molecular formula is C22H22N4O3. The Bertz CT molecular complexity index is 1020. The van der Waals surface area contributed by atoms with Crippen molar-refractivity contribution in [3.8, 4) is 0 Å². The maximum atomic E-state index is 12.5. The zero-order valence-corrected chi connectivity index (χ0v) is 16.2. The molecule has 1 fully saturated rings. The van der Waals surface area contributed by atoms with Crippen LogP contribution in [0.15, 0.2) is 59.1 Å². The quantitative estimate of drug-likeness (QED) is 0.699. The van der Waals surface area contributed by atoms with Crippen molar-refractivity contribution in [2.75, 3.05) is 11.4 Å². The van der Waals surface area contributed by atoms with E-state index in [1.807, 2.05) is 24.3 Å². The van der Waals surface area contributed by atoms with Gasteiger partial charge >= 0.3 is 0 Å². The van der Waals surface area contributed by atoms with Crippen LogP contribution >= 0.6 is 0 Å². The third-order valence-corrected chi connectivity index (χ3v) is 5.04. The second-order valence-corrected chi connectivity index (χ2v) is 7.02. The summed E-state index contributed by atoms with van der Waals surface area (Å²) in [6.45, 7) is 2.75. The number of hydrogen-bond acceptors (Lipinski definition) is 5. The molecule has 1 saturated heterocycles. The predicted octanol–water partition coefficient (Wildman–Crippen LogP) is 3.08. The van der Waals surface area contributed by atoms with Crippen molar-refractivity contribution in [3.63, 3.8) is 0 Å². The molecule has 0 radical (unpaired) electrons. The molecule has 0 saturated carbocycles. The summed E-state index contributed by atoms with van der Waals surface area (Å²) in [5.41, 5.74) is 2.66. The van der Waals surface area contributed by atoms with Crippen molar-refractivity contribution in [2.24, 2.45) is 0 Å². The van der Waals surface area contributed by atoms with Crippen LogP contribution in [0.5, 0.6) is 0 Å². The zero-order valence-electron chi connectivity index (χ0n) is 16.2. The molecule has 0 bridgehead atoms. The Balaban J connectivity index is 1.39. The number of rotatable bonds is 6. The summed E-state index contributed by atoms with van der Waals surface area (Å²) in [5, 5.41) is 6.79. The zero-order chi connectivity index (χ0) is 20.2. The number of aryl methyl sites for hydroxylation is 1. The van der Waals surface area contributed by atoms with Gasteiger partial charge in [0.2, 0.25) is 11.8 Å². The SMILES string of the molecule is CCc1cccc(N2CC(c3noc(CNC(=O)c4ccccc4)n3)CC2=O)c1. The lowest BCUT2D eigenvalue weighted by molar-refractivity contribution is -0.117. The molecule has 7 nitrogen and oxygen atoms in total. The Labute approximate surface area is 168 Å². The minimum Gasteiger partial charge on any atom is -0.343 e. The summed E-state index contributed by atoms with van der Waals surface area (Å²) < 4.78 is 5.27. The highest BCUT2D eigenvalue weighted by Crippen LogP contribution is 2.30. The molecule has 2 aromatic carbocycles. The van der Waals surface area contributed by atoms with E-state index in [-0.39, 0.29) is 24.3 Å². The normalized spacial score (nSPS) is 16.2. The Morgan fingerprint density at radius 2 is 2.03 bits per heavy atom. The first kappa shape index (κ1) is 18.9. The number of carbonyl (C=O) groups excluding carboxylic acids is 2. The molecule has 2 amide bonds. The Kier molecular flexibility index (Phi) is 5.37. The smallest absolute Gasteiger partial charge is 0.251 e. The minimum absolute atomic E-state index is 0.0481. The third kappa shape index (κ3) is 4.18. The van der Waals surface area contributed by atoms with E-state index in [0.29, 0.717) is 30.2 Å². The number of carbonyl (C=O) groups is 2. The largest absolute Gasteiger partial charge is 0.343 e. The van der Waals surface area contributed by atoms with E-state index in [4.69, 9.17) is 4.52 Å². The van der Waals surface area contributed by atoms with Crippen molar-refractivity contribution < 1.29 is 14.1 Å². The van der Waals surface area contributed by atoms with Crippen molar-refractivity contribution >= 4 is 17.5 Å². The lowest BCUT2D eigenvalue weighted by Gasteiger charge is -2.17. The molecule has 1 atom stereocenters. The maximum Gasteiger partial charge on any atom is 0.251 e. The van der Waals surface area contributed by atoms with Crippen LogP contribution in [0, 0.1) is 0 Å². The topological polar surface area (TPSA) is 88.3 Å². The lowest BCUT2D eigenvalue weighted by Crippen LogP contribution is -2.24. The first-order valence-electron chi connectivity index (χ1n) is 9.69. The van der Waals surface area contributed by atoms with Crippen LogP contribution in [0.4, 0.5) is 5.69 Å². The molecule has 3 aromatic rings. The van der Waals surface area contributed by atoms with Gasteiger partial charge in [-0.1, -0.05) is 42.4 Å². The summed E-state index contributed by atoms with van der Waals surface area (Å²) in [6.07, 6.45) is 1.26. The molecule has 148 valence electrons. The highest BCUT2D eigenvalue weighted by molar-refractivity contribution is 5.96. The molecule has 4 rings (SSSR count). The van der Waals surface area contributed by atoms with Crippen LogP contribution in [0.1, 0.15) is 46.9 Å². The van der Waals surface area contributed by atoms with E-state index in [1.54, 1.807) is 29.2 Å². The average Bonchev–Trinajstić information content (AvgIpc) is 3.39. The Hall–Kier alpha value is -3.48. The fourth-order valence-electron chi connectivity index (χ4n) is 3.43. The van der Waals surface area contributed by atoms with Crippen LogP contribution in [0.25, 0.3) is 0 Å². The monoisotopic (exact) mass is 390 g/mol. The summed E-state index contributed by atoms with van der Waals surface area (Å²) in [6, 6.07) is 16.9. The first-order chi connectivity index (χ1) is 14.1. The van der Waals surface area contributed by atoms with Gasteiger partial charge in [0.1, 0.15) is 0 Å². The van der Waals surface area contributed by atoms with Crippen LogP contribution in [-0.2, 0) is 17.8 Å². The summed E-state index contributed by atoms with van der Waals surface area (Å²) in [4.78, 5) is 30.8. The molecule has 1 aromatic heterocycles. The highest BCUT2D eigenvalue weighted by atomic mass is 16.5. The van der Waals surface area contributed by atoms with Gasteiger partial charge in [-0.05, 0) is 36.2 Å². The van der Waals surface area contributed by atoms with E-state index < -0.39 is 0 Å². The summed E-state index contributed by atoms with van der Waals surface area (Å²) in [5.74, 6) is 0.532. The summed E-state index contributed by atoms with van der Waals surface area (Å²) in [7, 11) is 0. The third-order valence-electron chi connectivity index (χ3n) is 5.04. The van der Waals surface area contributed by atoms with E-state index in [9.17, 15) is 9.59 Å². The minimum atomic E-state index is -0.205. The standard InChI is InChI=1S/C22H22N4O3/c1-2-15-7-6-10-18(11-15)26-14-17(12-20(26)27)21-24-19(29-25-21)13-23-22(28)16-8-4-3-5-9-16/h3-11,17H,2,12-14H2,1H3,(H,23,28). The van der Waals surface area contributed by atoms with Gasteiger partial charge in [0, 0.05) is 30.1 Å².